The normalized spacial score (nSPS) is 25.4. The van der Waals surface area contributed by atoms with Crippen LogP contribution in [0.2, 0.25) is 0 Å². The van der Waals surface area contributed by atoms with Gasteiger partial charge in [0.1, 0.15) is 0 Å². The maximum Gasteiger partial charge on any atom is 0.416 e. The van der Waals surface area contributed by atoms with Gasteiger partial charge in [-0.2, -0.15) is 26.3 Å². The summed E-state index contributed by atoms with van der Waals surface area (Å²) in [6.07, 6.45) is -7.07. The molecule has 3 unspecified atom stereocenters. The van der Waals surface area contributed by atoms with E-state index in [1.54, 1.807) is 0 Å². The van der Waals surface area contributed by atoms with Crippen LogP contribution >= 0.6 is 11.6 Å². The molecule has 0 spiro atoms. The third-order valence-corrected chi connectivity index (χ3v) is 5.80. The van der Waals surface area contributed by atoms with Crippen LogP contribution in [-0.4, -0.2) is 30.6 Å². The topological polar surface area (TPSA) is 12.5 Å². The molecule has 30 heavy (non-hydrogen) atoms. The summed E-state index contributed by atoms with van der Waals surface area (Å²) in [5.74, 6) is 0.288. The van der Waals surface area contributed by atoms with Crippen LogP contribution in [0, 0.1) is 5.92 Å². The van der Waals surface area contributed by atoms with Crippen LogP contribution in [0.25, 0.3) is 0 Å². The van der Waals surface area contributed by atoms with Gasteiger partial charge in [-0.15, -0.1) is 0 Å². The maximum absolute atomic E-state index is 13.1. The zero-order valence-corrected chi connectivity index (χ0v) is 18.0. The van der Waals surface area contributed by atoms with Crippen molar-refractivity contribution in [1.29, 1.82) is 0 Å². The van der Waals surface area contributed by atoms with Gasteiger partial charge in [-0.25, -0.2) is 0 Å². The average molecular weight is 458 g/mol. The fraction of sp³-hybridized carbons (Fsp3) is 0.619. The van der Waals surface area contributed by atoms with Crippen LogP contribution in [0.3, 0.4) is 0 Å². The minimum atomic E-state index is -4.88. The summed E-state index contributed by atoms with van der Waals surface area (Å²) in [6.45, 7) is 6.16. The van der Waals surface area contributed by atoms with Crippen LogP contribution in [-0.2, 0) is 17.1 Å². The molecule has 1 heterocycles. The highest BCUT2D eigenvalue weighted by Gasteiger charge is 2.38. The second kappa shape index (κ2) is 9.09. The van der Waals surface area contributed by atoms with Gasteiger partial charge in [0, 0.05) is 17.1 Å². The molecule has 0 bridgehead atoms. The zero-order chi connectivity index (χ0) is 22.9. The summed E-state index contributed by atoms with van der Waals surface area (Å²) < 4.78 is 84.3. The molecule has 2 nitrogen and oxygen atoms in total. The molecule has 0 amide bonds. The molecule has 0 N–H and O–H groups in total. The van der Waals surface area contributed by atoms with Crippen molar-refractivity contribution in [2.45, 2.75) is 57.6 Å². The number of ether oxygens (including phenoxy) is 1. The van der Waals surface area contributed by atoms with Gasteiger partial charge in [-0.3, -0.25) is 4.90 Å². The van der Waals surface area contributed by atoms with E-state index in [0.29, 0.717) is 5.03 Å². The van der Waals surface area contributed by atoms with Crippen molar-refractivity contribution in [3.05, 3.63) is 46.0 Å². The third-order valence-electron chi connectivity index (χ3n) is 5.67. The minimum absolute atomic E-state index is 0.124. The van der Waals surface area contributed by atoms with Crippen LogP contribution in [0.15, 0.2) is 29.3 Å². The van der Waals surface area contributed by atoms with Gasteiger partial charge in [-0.1, -0.05) is 17.7 Å². The van der Waals surface area contributed by atoms with Crippen molar-refractivity contribution in [3.63, 3.8) is 0 Å². The van der Waals surface area contributed by atoms with E-state index < -0.39 is 29.6 Å². The number of likely N-dealkylation sites (tertiary alicyclic amines) is 1. The van der Waals surface area contributed by atoms with Gasteiger partial charge >= 0.3 is 12.4 Å². The Morgan fingerprint density at radius 3 is 2.17 bits per heavy atom. The Hall–Kier alpha value is -1.25. The molecule has 0 saturated carbocycles. The molecule has 2 rings (SSSR count). The summed E-state index contributed by atoms with van der Waals surface area (Å²) >= 11 is 5.95. The first-order chi connectivity index (χ1) is 13.6. The first-order valence-corrected chi connectivity index (χ1v) is 9.96. The standard InChI is InChI=1S/C21H26ClF6NO/c1-13(22)7-15-5-6-19(3,29(4)11-15)12-30-14(2)16-8-17(20(23,24)25)10-18(9-16)21(26,27)28/h7-10,14-15H,5-6,11-12H2,1-4H3/b13-7+. The number of hydrogen-bond donors (Lipinski definition) is 0. The number of likely N-dealkylation sites (N-methyl/N-ethyl adjacent to an activating group) is 1. The molecule has 1 fully saturated rings. The summed E-state index contributed by atoms with van der Waals surface area (Å²) in [4.78, 5) is 2.09. The van der Waals surface area contributed by atoms with Crippen molar-refractivity contribution in [2.24, 2.45) is 5.92 Å². The number of alkyl halides is 6. The molecule has 1 aromatic carbocycles. The van der Waals surface area contributed by atoms with E-state index in [2.05, 4.69) is 4.90 Å². The van der Waals surface area contributed by atoms with Crippen LogP contribution < -0.4 is 0 Å². The summed E-state index contributed by atoms with van der Waals surface area (Å²) in [7, 11) is 1.92. The zero-order valence-electron chi connectivity index (χ0n) is 17.3. The van der Waals surface area contributed by atoms with E-state index in [1.165, 1.54) is 6.92 Å². The second-order valence-corrected chi connectivity index (χ2v) is 8.82. The number of nitrogens with zero attached hydrogens (tertiary/aromatic N) is 1. The highest BCUT2D eigenvalue weighted by molar-refractivity contribution is 6.29. The van der Waals surface area contributed by atoms with Gasteiger partial charge < -0.3 is 4.74 Å². The van der Waals surface area contributed by atoms with Crippen LogP contribution in [0.1, 0.15) is 56.4 Å². The summed E-state index contributed by atoms with van der Waals surface area (Å²) in [5.41, 5.74) is -3.21. The number of allylic oxidation sites excluding steroid dienone is 1. The van der Waals surface area contributed by atoms with Gasteiger partial charge in [0.2, 0.25) is 0 Å². The monoisotopic (exact) mass is 457 g/mol. The molecule has 0 aliphatic carbocycles. The third kappa shape index (κ3) is 6.37. The predicted molar refractivity (Wildman–Crippen MR) is 104 cm³/mol. The van der Waals surface area contributed by atoms with Gasteiger partial charge in [-0.05, 0) is 70.3 Å². The molecule has 1 aromatic rings. The molecule has 9 heteroatoms. The first-order valence-electron chi connectivity index (χ1n) is 9.58. The van der Waals surface area contributed by atoms with E-state index in [9.17, 15) is 26.3 Å². The molecule has 170 valence electrons. The molecule has 1 saturated heterocycles. The van der Waals surface area contributed by atoms with Gasteiger partial charge in [0.05, 0.1) is 23.8 Å². The minimum Gasteiger partial charge on any atom is -0.372 e. The smallest absolute Gasteiger partial charge is 0.372 e. The lowest BCUT2D eigenvalue weighted by molar-refractivity contribution is -0.143. The molecule has 0 aromatic heterocycles. The number of hydrogen-bond acceptors (Lipinski definition) is 2. The molecule has 1 aliphatic heterocycles. The predicted octanol–water partition coefficient (Wildman–Crippen LogP) is 7.04. The number of rotatable bonds is 5. The Kier molecular flexibility index (Phi) is 7.58. The number of halogens is 7. The molecular formula is C21H26ClF6NO. The molecule has 1 aliphatic rings. The Morgan fingerprint density at radius 1 is 1.20 bits per heavy atom. The van der Waals surface area contributed by atoms with E-state index in [1.807, 2.05) is 27.0 Å². The fourth-order valence-electron chi connectivity index (χ4n) is 3.61. The number of piperidine rings is 1. The lowest BCUT2D eigenvalue weighted by Crippen LogP contribution is -2.52. The lowest BCUT2D eigenvalue weighted by atomic mass is 9.84. The first kappa shape index (κ1) is 25.0. The second-order valence-electron chi connectivity index (χ2n) is 8.22. The summed E-state index contributed by atoms with van der Waals surface area (Å²) in [5, 5.41) is 0.715. The highest BCUT2D eigenvalue weighted by atomic mass is 35.5. The van der Waals surface area contributed by atoms with E-state index in [0.717, 1.165) is 31.5 Å². The quantitative estimate of drug-likeness (QED) is 0.439. The Morgan fingerprint density at radius 2 is 1.73 bits per heavy atom. The lowest BCUT2D eigenvalue weighted by Gasteiger charge is -2.45. The summed E-state index contributed by atoms with van der Waals surface area (Å²) in [6, 6.07) is 1.56. The van der Waals surface area contributed by atoms with Crippen molar-refractivity contribution < 1.29 is 31.1 Å². The fourth-order valence-corrected chi connectivity index (χ4v) is 3.79. The van der Waals surface area contributed by atoms with Gasteiger partial charge in [0.25, 0.3) is 0 Å². The van der Waals surface area contributed by atoms with Crippen LogP contribution in [0.5, 0.6) is 0 Å². The maximum atomic E-state index is 13.1. The van der Waals surface area contributed by atoms with Crippen molar-refractivity contribution >= 4 is 11.6 Å². The molecule has 3 atom stereocenters. The average Bonchev–Trinajstić information content (AvgIpc) is 2.61. The van der Waals surface area contributed by atoms with Gasteiger partial charge in [0.15, 0.2) is 0 Å². The van der Waals surface area contributed by atoms with Crippen molar-refractivity contribution in [2.75, 3.05) is 20.2 Å². The van der Waals surface area contributed by atoms with Crippen molar-refractivity contribution in [3.8, 4) is 0 Å². The largest absolute Gasteiger partial charge is 0.416 e. The highest BCUT2D eigenvalue weighted by Crippen LogP contribution is 2.38. The number of benzene rings is 1. The van der Waals surface area contributed by atoms with Crippen LogP contribution in [0.4, 0.5) is 26.3 Å². The Balaban J connectivity index is 2.16. The van der Waals surface area contributed by atoms with E-state index >= 15 is 0 Å². The van der Waals surface area contributed by atoms with E-state index in [-0.39, 0.29) is 29.7 Å². The SMILES string of the molecule is C/C(Cl)=C\C1CCC(C)(COC(C)c2cc(C(F)(F)F)cc(C(F)(F)F)c2)N(C)C1. The van der Waals surface area contributed by atoms with Crippen molar-refractivity contribution in [1.82, 2.24) is 4.90 Å². The Bertz CT molecular complexity index is 739. The van der Waals surface area contributed by atoms with E-state index in [4.69, 9.17) is 16.3 Å². The molecule has 0 radical (unpaired) electrons. The Labute approximate surface area is 177 Å². The molecular weight excluding hydrogens is 432 g/mol.